The molecule has 1 amide bonds. The van der Waals surface area contributed by atoms with E-state index in [0.29, 0.717) is 6.04 Å². The Morgan fingerprint density at radius 3 is 2.47 bits per heavy atom. The number of carbonyl (C=O) groups is 1. The second-order valence-electron chi connectivity index (χ2n) is 5.41. The smallest absolute Gasteiger partial charge is 0.254 e. The van der Waals surface area contributed by atoms with Crippen molar-refractivity contribution >= 4 is 33.2 Å². The number of thiophene rings is 1. The molecule has 0 aliphatic carbocycles. The minimum absolute atomic E-state index is 0.196. The van der Waals surface area contributed by atoms with Crippen molar-refractivity contribution in [3.05, 3.63) is 20.8 Å². The van der Waals surface area contributed by atoms with Gasteiger partial charge in [0.25, 0.3) is 5.91 Å². The Kier molecular flexibility index (Phi) is 4.24. The molecular weight excluding hydrogens is 324 g/mol. The van der Waals surface area contributed by atoms with Crippen LogP contribution in [0.25, 0.3) is 0 Å². The lowest BCUT2D eigenvalue weighted by molar-refractivity contribution is 0.0645. The molecule has 3 rings (SSSR count). The van der Waals surface area contributed by atoms with E-state index in [4.69, 9.17) is 0 Å². The number of halogens is 1. The largest absolute Gasteiger partial charge is 0.339 e. The standard InChI is InChI=1S/C14H19BrN2OS/c15-13-9-11(10-19-13)14(18)17-7-3-12(4-8-17)16-5-1-2-6-16/h9-10,12H,1-8H2. The highest BCUT2D eigenvalue weighted by atomic mass is 79.9. The molecule has 0 unspecified atom stereocenters. The summed E-state index contributed by atoms with van der Waals surface area (Å²) >= 11 is 5.00. The van der Waals surface area contributed by atoms with Crippen LogP contribution in [0.2, 0.25) is 0 Å². The van der Waals surface area contributed by atoms with E-state index < -0.39 is 0 Å². The first kappa shape index (κ1) is 13.6. The lowest BCUT2D eigenvalue weighted by atomic mass is 10.0. The maximum Gasteiger partial charge on any atom is 0.254 e. The maximum atomic E-state index is 12.3. The molecule has 19 heavy (non-hydrogen) atoms. The number of hydrogen-bond donors (Lipinski definition) is 0. The summed E-state index contributed by atoms with van der Waals surface area (Å²) in [5.41, 5.74) is 0.830. The molecule has 0 atom stereocenters. The Bertz CT molecular complexity index is 448. The summed E-state index contributed by atoms with van der Waals surface area (Å²) in [6, 6.07) is 2.64. The molecule has 2 saturated heterocycles. The van der Waals surface area contributed by atoms with Crippen LogP contribution in [0.3, 0.4) is 0 Å². The summed E-state index contributed by atoms with van der Waals surface area (Å²) in [7, 11) is 0. The Hall–Kier alpha value is -0.390. The highest BCUT2D eigenvalue weighted by Crippen LogP contribution is 2.25. The molecule has 3 nitrogen and oxygen atoms in total. The fourth-order valence-corrected chi connectivity index (χ4v) is 4.28. The molecule has 0 saturated carbocycles. The molecule has 2 fully saturated rings. The highest BCUT2D eigenvalue weighted by molar-refractivity contribution is 9.11. The zero-order valence-electron chi connectivity index (χ0n) is 11.0. The van der Waals surface area contributed by atoms with E-state index in [1.807, 2.05) is 16.3 Å². The summed E-state index contributed by atoms with van der Waals surface area (Å²) in [5, 5.41) is 1.94. The van der Waals surface area contributed by atoms with E-state index in [-0.39, 0.29) is 5.91 Å². The van der Waals surface area contributed by atoms with Crippen LogP contribution >= 0.6 is 27.3 Å². The van der Waals surface area contributed by atoms with Gasteiger partial charge < -0.3 is 9.80 Å². The molecule has 3 heterocycles. The number of rotatable bonds is 2. The zero-order valence-corrected chi connectivity index (χ0v) is 13.4. The molecule has 5 heteroatoms. The average Bonchev–Trinajstić information content (AvgIpc) is 3.09. The van der Waals surface area contributed by atoms with Crippen molar-refractivity contribution in [3.8, 4) is 0 Å². The van der Waals surface area contributed by atoms with Crippen LogP contribution in [-0.2, 0) is 0 Å². The van der Waals surface area contributed by atoms with Crippen LogP contribution in [0, 0.1) is 0 Å². The van der Waals surface area contributed by atoms with Crippen LogP contribution in [0.5, 0.6) is 0 Å². The van der Waals surface area contributed by atoms with Gasteiger partial charge in [0.05, 0.1) is 9.35 Å². The van der Waals surface area contributed by atoms with Gasteiger partial charge in [-0.25, -0.2) is 0 Å². The summed E-state index contributed by atoms with van der Waals surface area (Å²) in [6.07, 6.45) is 4.97. The third-order valence-corrected chi connectivity index (χ3v) is 5.73. The first-order valence-electron chi connectivity index (χ1n) is 7.01. The Balaban J connectivity index is 1.56. The molecule has 0 radical (unpaired) electrons. The normalized spacial score (nSPS) is 22.1. The van der Waals surface area contributed by atoms with Crippen molar-refractivity contribution in [2.45, 2.75) is 31.7 Å². The molecule has 2 aliphatic heterocycles. The summed E-state index contributed by atoms with van der Waals surface area (Å²) < 4.78 is 1.03. The second kappa shape index (κ2) is 5.94. The van der Waals surface area contributed by atoms with Gasteiger partial charge in [0.1, 0.15) is 0 Å². The summed E-state index contributed by atoms with van der Waals surface area (Å²) in [5.74, 6) is 0.196. The van der Waals surface area contributed by atoms with E-state index in [9.17, 15) is 4.79 Å². The monoisotopic (exact) mass is 342 g/mol. The second-order valence-corrected chi connectivity index (χ2v) is 7.70. The molecule has 2 aliphatic rings. The molecule has 1 aromatic heterocycles. The zero-order chi connectivity index (χ0) is 13.2. The topological polar surface area (TPSA) is 23.6 Å². The van der Waals surface area contributed by atoms with Crippen LogP contribution in [0.4, 0.5) is 0 Å². The van der Waals surface area contributed by atoms with Gasteiger partial charge >= 0.3 is 0 Å². The first-order valence-corrected chi connectivity index (χ1v) is 8.68. The molecule has 104 valence electrons. The van der Waals surface area contributed by atoms with Gasteiger partial charge in [-0.2, -0.15) is 0 Å². The fraction of sp³-hybridized carbons (Fsp3) is 0.643. The van der Waals surface area contributed by atoms with E-state index in [1.54, 1.807) is 11.3 Å². The van der Waals surface area contributed by atoms with Crippen LogP contribution in [0.1, 0.15) is 36.0 Å². The quantitative estimate of drug-likeness (QED) is 0.823. The number of nitrogens with zero attached hydrogens (tertiary/aromatic N) is 2. The highest BCUT2D eigenvalue weighted by Gasteiger charge is 2.28. The molecule has 0 spiro atoms. The van der Waals surface area contributed by atoms with Gasteiger partial charge in [-0.05, 0) is 60.8 Å². The molecule has 0 bridgehead atoms. The number of hydrogen-bond acceptors (Lipinski definition) is 3. The average molecular weight is 343 g/mol. The van der Waals surface area contributed by atoms with Crippen LogP contribution in [-0.4, -0.2) is 47.9 Å². The predicted molar refractivity (Wildman–Crippen MR) is 81.8 cm³/mol. The van der Waals surface area contributed by atoms with Crippen molar-refractivity contribution in [3.63, 3.8) is 0 Å². The number of likely N-dealkylation sites (tertiary alicyclic amines) is 2. The van der Waals surface area contributed by atoms with Crippen LogP contribution in [0.15, 0.2) is 15.2 Å². The number of carbonyl (C=O) groups excluding carboxylic acids is 1. The Morgan fingerprint density at radius 1 is 1.21 bits per heavy atom. The summed E-state index contributed by atoms with van der Waals surface area (Å²) in [4.78, 5) is 17.0. The first-order chi connectivity index (χ1) is 9.24. The van der Waals surface area contributed by atoms with Crippen molar-refractivity contribution in [2.75, 3.05) is 26.2 Å². The van der Waals surface area contributed by atoms with Gasteiger partial charge in [-0.3, -0.25) is 4.79 Å². The van der Waals surface area contributed by atoms with Crippen molar-refractivity contribution in [1.82, 2.24) is 9.80 Å². The van der Waals surface area contributed by atoms with Gasteiger partial charge in [0, 0.05) is 24.5 Å². The lowest BCUT2D eigenvalue weighted by Gasteiger charge is -2.36. The van der Waals surface area contributed by atoms with Crippen molar-refractivity contribution < 1.29 is 4.79 Å². The van der Waals surface area contributed by atoms with Crippen molar-refractivity contribution in [2.24, 2.45) is 0 Å². The van der Waals surface area contributed by atoms with Gasteiger partial charge in [0.2, 0.25) is 0 Å². The lowest BCUT2D eigenvalue weighted by Crippen LogP contribution is -2.45. The number of amides is 1. The summed E-state index contributed by atoms with van der Waals surface area (Å²) in [6.45, 7) is 4.34. The maximum absolute atomic E-state index is 12.3. The minimum Gasteiger partial charge on any atom is -0.339 e. The molecule has 0 aromatic carbocycles. The molecule has 1 aromatic rings. The Morgan fingerprint density at radius 2 is 1.89 bits per heavy atom. The number of piperidine rings is 1. The third-order valence-electron chi connectivity index (χ3n) is 4.22. The van der Waals surface area contributed by atoms with Crippen molar-refractivity contribution in [1.29, 1.82) is 0 Å². The predicted octanol–water partition coefficient (Wildman–Crippen LogP) is 3.21. The molecule has 0 N–H and O–H groups in total. The van der Waals surface area contributed by atoms with E-state index >= 15 is 0 Å². The molecular formula is C14H19BrN2OS. The van der Waals surface area contributed by atoms with E-state index in [2.05, 4.69) is 20.8 Å². The Labute approximate surface area is 126 Å². The third kappa shape index (κ3) is 3.03. The van der Waals surface area contributed by atoms with Gasteiger partial charge in [-0.15, -0.1) is 11.3 Å². The fourth-order valence-electron chi connectivity index (χ4n) is 3.15. The van der Waals surface area contributed by atoms with Gasteiger partial charge in [-0.1, -0.05) is 0 Å². The van der Waals surface area contributed by atoms with Gasteiger partial charge in [0.15, 0.2) is 0 Å². The minimum atomic E-state index is 0.196. The SMILES string of the molecule is O=C(c1csc(Br)c1)N1CCC(N2CCCC2)CC1. The van der Waals surface area contributed by atoms with Crippen LogP contribution < -0.4 is 0 Å². The van der Waals surface area contributed by atoms with E-state index in [1.165, 1.54) is 25.9 Å². The van der Waals surface area contributed by atoms with E-state index in [0.717, 1.165) is 35.3 Å².